The highest BCUT2D eigenvalue weighted by molar-refractivity contribution is 7.23. The van der Waals surface area contributed by atoms with Crippen LogP contribution in [0, 0.1) is 58.2 Å². The first-order valence-corrected chi connectivity index (χ1v) is 29.3. The first-order valence-electron chi connectivity index (χ1n) is 27.3. The van der Waals surface area contributed by atoms with E-state index in [0.717, 1.165) is 33.6 Å². The van der Waals surface area contributed by atoms with Crippen molar-refractivity contribution in [2.24, 2.45) is 0 Å². The third kappa shape index (κ3) is 6.81. The molecule has 4 heterocycles. The number of allylic oxidation sites excluding steroid dienone is 4. The van der Waals surface area contributed by atoms with Gasteiger partial charge in [0.1, 0.15) is 0 Å². The van der Waals surface area contributed by atoms with E-state index >= 15 is 43.9 Å². The molecule has 414 valence electrons. The van der Waals surface area contributed by atoms with Gasteiger partial charge in [-0.2, -0.15) is 0 Å². The number of nitrogens with zero attached hydrogens (tertiary/aromatic N) is 3. The van der Waals surface area contributed by atoms with Crippen LogP contribution in [0.2, 0.25) is 0 Å². The Morgan fingerprint density at radius 3 is 1.17 bits per heavy atom. The fourth-order valence-electron chi connectivity index (χ4n) is 14.5. The quantitative estimate of drug-likeness (QED) is 0.0736. The molecule has 83 heavy (non-hydrogen) atoms. The van der Waals surface area contributed by atoms with Gasteiger partial charge in [0.2, 0.25) is 11.6 Å². The molecule has 0 bridgehead atoms. The van der Waals surface area contributed by atoms with Gasteiger partial charge >= 0.3 is 0 Å². The predicted molar refractivity (Wildman–Crippen MR) is 309 cm³/mol. The summed E-state index contributed by atoms with van der Waals surface area (Å²) in [5.74, 6) is -25.0. The smallest absolute Gasteiger partial charge is 0.200 e. The maximum Gasteiger partial charge on any atom is 0.200 e. The zero-order chi connectivity index (χ0) is 58.1. The number of benzene rings is 9. The molecule has 0 amide bonds. The summed E-state index contributed by atoms with van der Waals surface area (Å²) in [6.45, 7) is 12.4. The minimum absolute atomic E-state index is 0.0107. The van der Waals surface area contributed by atoms with Crippen molar-refractivity contribution in [1.82, 2.24) is 0 Å². The molecule has 14 heteroatoms. The lowest BCUT2D eigenvalue weighted by Gasteiger charge is -2.46. The van der Waals surface area contributed by atoms with Crippen molar-refractivity contribution >= 4 is 74.3 Å². The Hall–Kier alpha value is -8.62. The molecular formula is C69H49F10N3Si. The second kappa shape index (κ2) is 17.9. The van der Waals surface area contributed by atoms with Gasteiger partial charge in [-0.3, -0.25) is 0 Å². The van der Waals surface area contributed by atoms with E-state index in [1.54, 1.807) is 47.4 Å². The van der Waals surface area contributed by atoms with Gasteiger partial charge in [0.15, 0.2) is 54.6 Å². The van der Waals surface area contributed by atoms with Crippen LogP contribution in [0.1, 0.15) is 82.2 Å². The van der Waals surface area contributed by atoms with Crippen molar-refractivity contribution in [3.8, 4) is 11.1 Å². The van der Waals surface area contributed by atoms with Crippen molar-refractivity contribution in [3.63, 3.8) is 0 Å². The Bertz CT molecular complexity index is 4200. The van der Waals surface area contributed by atoms with E-state index in [0.29, 0.717) is 58.1 Å². The summed E-state index contributed by atoms with van der Waals surface area (Å²) in [6, 6.07) is 45.4. The van der Waals surface area contributed by atoms with E-state index in [1.807, 2.05) is 116 Å². The van der Waals surface area contributed by atoms with Gasteiger partial charge < -0.3 is 14.7 Å². The summed E-state index contributed by atoms with van der Waals surface area (Å²) >= 11 is 0. The molecule has 5 aliphatic rings. The van der Waals surface area contributed by atoms with Gasteiger partial charge in [-0.05, 0) is 122 Å². The van der Waals surface area contributed by atoms with Gasteiger partial charge in [0, 0.05) is 55.1 Å². The zero-order valence-electron chi connectivity index (χ0n) is 45.6. The molecule has 1 aliphatic carbocycles. The largest absolute Gasteiger partial charge is 0.313 e. The van der Waals surface area contributed by atoms with Crippen molar-refractivity contribution < 1.29 is 43.9 Å². The van der Waals surface area contributed by atoms with Crippen LogP contribution in [0.4, 0.5) is 89.4 Å². The van der Waals surface area contributed by atoms with E-state index in [1.165, 1.54) is 12.1 Å². The molecule has 9 aromatic carbocycles. The zero-order valence-corrected chi connectivity index (χ0v) is 46.6. The first-order chi connectivity index (χ1) is 39.7. The number of anilines is 8. The molecule has 9 aromatic rings. The molecule has 0 unspecified atom stereocenters. The fourth-order valence-corrected chi connectivity index (χ4v) is 19.9. The lowest BCUT2D eigenvalue weighted by atomic mass is 9.71. The number of para-hydroxylation sites is 5. The van der Waals surface area contributed by atoms with Crippen LogP contribution < -0.4 is 35.4 Å². The van der Waals surface area contributed by atoms with Crippen molar-refractivity contribution in [3.05, 3.63) is 261 Å². The lowest BCUT2D eigenvalue weighted by molar-refractivity contribution is 0.382. The summed E-state index contributed by atoms with van der Waals surface area (Å²) < 4.78 is 170. The third-order valence-electron chi connectivity index (χ3n) is 18.3. The Kier molecular flexibility index (Phi) is 11.3. The predicted octanol–water partition coefficient (Wildman–Crippen LogP) is 16.7. The fraction of sp³-hybridized carbons (Fsp3) is 0.159. The van der Waals surface area contributed by atoms with Gasteiger partial charge in [-0.1, -0.05) is 151 Å². The van der Waals surface area contributed by atoms with Crippen molar-refractivity contribution in [1.29, 1.82) is 0 Å². The standard InChI is InChI=1S/C69H49F10N3Si/c1-67(2)40-19-7-13-25-46(40)80(47-26-14-8-20-41(47)67)36-31-32-53-38(33-36)39-34-37(81-48-27-15-9-21-42(48)68(3,4)43-22-10-16-28-49(43)81)35-52(82-50-29-17-11-23-44(50)69(5,6)45-24-12-18-30-51(45)82)64(39)83(53,65-60(76)56(72)54(70)57(73)61(65)77)66-62(78)58(74)55(71)59(75)63(66)79/h7-15,17-27,29-35H,16,28H2,1-6H3. The monoisotopic (exact) mass is 1140 g/mol. The highest BCUT2D eigenvalue weighted by Gasteiger charge is 2.60. The minimum Gasteiger partial charge on any atom is -0.313 e. The van der Waals surface area contributed by atoms with Gasteiger partial charge in [0.25, 0.3) is 0 Å². The highest BCUT2D eigenvalue weighted by Crippen LogP contribution is 2.57. The number of hydrogen-bond donors (Lipinski definition) is 0. The van der Waals surface area contributed by atoms with E-state index in [9.17, 15) is 0 Å². The minimum atomic E-state index is -6.32. The van der Waals surface area contributed by atoms with Gasteiger partial charge in [0.05, 0.1) is 22.7 Å². The molecule has 0 saturated heterocycles. The molecule has 0 saturated carbocycles. The second-order valence-electron chi connectivity index (χ2n) is 23.5. The highest BCUT2D eigenvalue weighted by atomic mass is 28.3. The molecule has 0 atom stereocenters. The lowest BCUT2D eigenvalue weighted by Crippen LogP contribution is -2.77. The van der Waals surface area contributed by atoms with E-state index in [2.05, 4.69) is 44.7 Å². The average Bonchev–Trinajstić information content (AvgIpc) is 1.61. The number of halogens is 10. The summed E-state index contributed by atoms with van der Waals surface area (Å²) in [5.41, 5.74) is 7.88. The topological polar surface area (TPSA) is 9.72 Å². The molecule has 0 radical (unpaired) electrons. The third-order valence-corrected chi connectivity index (χ3v) is 23.2. The summed E-state index contributed by atoms with van der Waals surface area (Å²) in [6.07, 6.45) is 5.33. The summed E-state index contributed by atoms with van der Waals surface area (Å²) in [4.78, 5) is 5.75. The Morgan fingerprint density at radius 1 is 0.349 bits per heavy atom. The Morgan fingerprint density at radius 2 is 0.723 bits per heavy atom. The number of hydrogen-bond acceptors (Lipinski definition) is 3. The molecule has 4 aliphatic heterocycles. The second-order valence-corrected chi connectivity index (χ2v) is 27.1. The maximum absolute atomic E-state index is 18.0. The van der Waals surface area contributed by atoms with Crippen LogP contribution in [-0.4, -0.2) is 8.07 Å². The molecule has 0 N–H and O–H groups in total. The average molecular weight is 1140 g/mol. The number of rotatable bonds is 5. The normalized spacial score (nSPS) is 17.0. The molecular weight excluding hydrogens is 1090 g/mol. The summed E-state index contributed by atoms with van der Waals surface area (Å²) in [7, 11) is -6.32. The van der Waals surface area contributed by atoms with E-state index in [-0.39, 0.29) is 16.8 Å². The molecule has 0 fully saturated rings. The van der Waals surface area contributed by atoms with Crippen LogP contribution >= 0.6 is 0 Å². The van der Waals surface area contributed by atoms with Crippen LogP contribution in [0.25, 0.3) is 11.1 Å². The molecule has 14 rings (SSSR count). The van der Waals surface area contributed by atoms with E-state index in [4.69, 9.17) is 0 Å². The summed E-state index contributed by atoms with van der Waals surface area (Å²) in [5, 5.41) is -4.24. The van der Waals surface area contributed by atoms with Crippen molar-refractivity contribution in [2.75, 3.05) is 14.7 Å². The maximum atomic E-state index is 18.0. The van der Waals surface area contributed by atoms with Crippen LogP contribution in [0.5, 0.6) is 0 Å². The van der Waals surface area contributed by atoms with Gasteiger partial charge in [-0.15, -0.1) is 0 Å². The van der Waals surface area contributed by atoms with E-state index < -0.39 is 103 Å². The molecule has 3 nitrogen and oxygen atoms in total. The van der Waals surface area contributed by atoms with Gasteiger partial charge in [-0.25, -0.2) is 43.9 Å². The SMILES string of the molecule is CC1(C)C2=C(CCC=C2)N(c2cc3c(c(N4c5ccccc5C(C)(C)c5ccccc54)c2)[Si](c2c(F)c(F)c(F)c(F)c2F)(c2c(F)c(F)c(F)c(F)c2F)c2ccc(N4c5ccccc5C(C)(C)c5ccccc54)cc2-3)c2ccccc21. The first kappa shape index (κ1) is 52.5. The molecule has 0 spiro atoms. The Labute approximate surface area is 473 Å². The number of fused-ring (bicyclic) bond motifs is 8. The Balaban J connectivity index is 1.23. The van der Waals surface area contributed by atoms with Crippen LogP contribution in [0.15, 0.2) is 175 Å². The van der Waals surface area contributed by atoms with Crippen LogP contribution in [0.3, 0.4) is 0 Å². The van der Waals surface area contributed by atoms with Crippen LogP contribution in [-0.2, 0) is 16.2 Å². The molecule has 0 aromatic heterocycles. The van der Waals surface area contributed by atoms with Crippen molar-refractivity contribution in [2.45, 2.75) is 70.6 Å².